The van der Waals surface area contributed by atoms with Gasteiger partial charge in [-0.15, -0.1) is 5.10 Å². The molecule has 0 spiro atoms. The molecule has 1 aliphatic carbocycles. The maximum Gasteiger partial charge on any atom is 0.215 e. The van der Waals surface area contributed by atoms with E-state index in [0.29, 0.717) is 12.1 Å². The van der Waals surface area contributed by atoms with Crippen molar-refractivity contribution in [2.75, 3.05) is 7.05 Å². The first-order valence-electron chi connectivity index (χ1n) is 7.37. The molecule has 2 heterocycles. The fourth-order valence-electron chi connectivity index (χ4n) is 2.64. The minimum absolute atomic E-state index is 0.304. The molecule has 0 radical (unpaired) electrons. The molecule has 1 aliphatic rings. The Morgan fingerprint density at radius 3 is 2.95 bits per heavy atom. The molecule has 1 N–H and O–H groups in total. The summed E-state index contributed by atoms with van der Waals surface area (Å²) in [5.41, 5.74) is 1.22. The van der Waals surface area contributed by atoms with Crippen LogP contribution in [0.5, 0.6) is 0 Å². The molecule has 0 amide bonds. The van der Waals surface area contributed by atoms with Crippen molar-refractivity contribution in [1.82, 2.24) is 30.5 Å². The highest BCUT2D eigenvalue weighted by molar-refractivity contribution is 7.99. The van der Waals surface area contributed by atoms with Crippen molar-refractivity contribution in [3.63, 3.8) is 0 Å². The number of hydrogen-bond acceptors (Lipinski definition) is 6. The quantitative estimate of drug-likeness (QED) is 0.916. The van der Waals surface area contributed by atoms with E-state index in [1.54, 1.807) is 0 Å². The fourth-order valence-corrected chi connectivity index (χ4v) is 3.49. The Bertz CT molecular complexity index is 593. The molecule has 0 aromatic carbocycles. The van der Waals surface area contributed by atoms with Gasteiger partial charge in [0.1, 0.15) is 5.03 Å². The van der Waals surface area contributed by atoms with Crippen LogP contribution in [0.3, 0.4) is 0 Å². The minimum atomic E-state index is 0.304. The van der Waals surface area contributed by atoms with Crippen LogP contribution in [0.2, 0.25) is 0 Å². The van der Waals surface area contributed by atoms with Gasteiger partial charge >= 0.3 is 0 Å². The first kappa shape index (κ1) is 14.5. The number of hydrogen-bond donors (Lipinski definition) is 1. The van der Waals surface area contributed by atoms with Gasteiger partial charge in [0.15, 0.2) is 0 Å². The first-order valence-corrected chi connectivity index (χ1v) is 8.18. The normalized spacial score (nSPS) is 17.2. The van der Waals surface area contributed by atoms with Gasteiger partial charge in [-0.25, -0.2) is 9.67 Å². The van der Waals surface area contributed by atoms with Crippen molar-refractivity contribution in [1.29, 1.82) is 0 Å². The zero-order valence-corrected chi connectivity index (χ0v) is 13.2. The highest BCUT2D eigenvalue weighted by Crippen LogP contribution is 2.33. The fraction of sp³-hybridized carbons (Fsp3) is 0.571. The topological polar surface area (TPSA) is 68.5 Å². The Balaban J connectivity index is 1.79. The molecule has 2 aromatic heterocycles. The predicted octanol–water partition coefficient (Wildman–Crippen LogP) is 2.61. The Kier molecular flexibility index (Phi) is 4.50. The molecule has 21 heavy (non-hydrogen) atoms. The van der Waals surface area contributed by atoms with Crippen LogP contribution in [0.15, 0.2) is 28.5 Å². The zero-order valence-electron chi connectivity index (χ0n) is 12.4. The van der Waals surface area contributed by atoms with E-state index in [1.165, 1.54) is 43.0 Å². The average Bonchev–Trinajstić information content (AvgIpc) is 3.17. The molecule has 6 nitrogen and oxygen atoms in total. The second-order valence-electron chi connectivity index (χ2n) is 5.38. The van der Waals surface area contributed by atoms with Crippen LogP contribution < -0.4 is 5.32 Å². The van der Waals surface area contributed by atoms with Gasteiger partial charge in [-0.2, -0.15) is 0 Å². The van der Waals surface area contributed by atoms with Crippen LogP contribution in [-0.4, -0.2) is 32.2 Å². The van der Waals surface area contributed by atoms with E-state index in [1.807, 2.05) is 24.0 Å². The first-order chi connectivity index (χ1) is 10.3. The Morgan fingerprint density at radius 1 is 1.38 bits per heavy atom. The summed E-state index contributed by atoms with van der Waals surface area (Å²) in [5, 5.41) is 17.2. The summed E-state index contributed by atoms with van der Waals surface area (Å²) < 4.78 is 1.97. The van der Waals surface area contributed by atoms with Gasteiger partial charge in [0.05, 0.1) is 6.04 Å². The molecule has 1 fully saturated rings. The van der Waals surface area contributed by atoms with Crippen LogP contribution in [0, 0.1) is 0 Å². The van der Waals surface area contributed by atoms with E-state index in [4.69, 9.17) is 0 Å². The lowest BCUT2D eigenvalue weighted by molar-refractivity contribution is 0.423. The lowest BCUT2D eigenvalue weighted by atomic mass is 10.1. The number of tetrazole rings is 1. The highest BCUT2D eigenvalue weighted by Gasteiger charge is 2.22. The molecule has 2 aromatic rings. The summed E-state index contributed by atoms with van der Waals surface area (Å²) in [6.07, 6.45) is 6.71. The van der Waals surface area contributed by atoms with Gasteiger partial charge in [-0.1, -0.05) is 12.8 Å². The standard InChI is InChI=1S/C14H20N6S/c1-10(15-2)11-7-8-16-13(9-11)21-14-17-18-19-20(14)12-5-3-4-6-12/h7-10,12,15H,3-6H2,1-2H3. The second-order valence-corrected chi connectivity index (χ2v) is 6.37. The summed E-state index contributed by atoms with van der Waals surface area (Å²) in [4.78, 5) is 4.42. The molecule has 0 aliphatic heterocycles. The smallest absolute Gasteiger partial charge is 0.215 e. The molecule has 1 saturated carbocycles. The van der Waals surface area contributed by atoms with Gasteiger partial charge in [0.25, 0.3) is 0 Å². The summed E-state index contributed by atoms with van der Waals surface area (Å²) >= 11 is 1.54. The van der Waals surface area contributed by atoms with E-state index in [9.17, 15) is 0 Å². The summed E-state index contributed by atoms with van der Waals surface area (Å²) in [5.74, 6) is 0. The molecular formula is C14H20N6S. The Labute approximate surface area is 128 Å². The second kappa shape index (κ2) is 6.53. The summed E-state index contributed by atoms with van der Waals surface area (Å²) in [7, 11) is 1.96. The van der Waals surface area contributed by atoms with E-state index in [0.717, 1.165) is 10.2 Å². The van der Waals surface area contributed by atoms with Crippen molar-refractivity contribution < 1.29 is 0 Å². The van der Waals surface area contributed by atoms with Crippen molar-refractivity contribution in [3.05, 3.63) is 23.9 Å². The van der Waals surface area contributed by atoms with Crippen molar-refractivity contribution in [2.45, 2.75) is 54.9 Å². The number of nitrogens with zero attached hydrogens (tertiary/aromatic N) is 5. The Hall–Kier alpha value is -1.47. The lowest BCUT2D eigenvalue weighted by Crippen LogP contribution is -2.12. The molecule has 112 valence electrons. The van der Waals surface area contributed by atoms with Gasteiger partial charge in [-0.3, -0.25) is 0 Å². The maximum absolute atomic E-state index is 4.42. The van der Waals surface area contributed by atoms with Crippen molar-refractivity contribution >= 4 is 11.8 Å². The van der Waals surface area contributed by atoms with E-state index < -0.39 is 0 Å². The van der Waals surface area contributed by atoms with Gasteiger partial charge in [-0.05, 0) is 66.7 Å². The monoisotopic (exact) mass is 304 g/mol. The summed E-state index contributed by atoms with van der Waals surface area (Å²) in [6, 6.07) is 4.88. The lowest BCUT2D eigenvalue weighted by Gasteiger charge is -2.12. The third kappa shape index (κ3) is 3.24. The van der Waals surface area contributed by atoms with E-state index in [2.05, 4.69) is 38.8 Å². The van der Waals surface area contributed by atoms with Crippen molar-refractivity contribution in [3.8, 4) is 0 Å². The van der Waals surface area contributed by atoms with Crippen LogP contribution in [0.1, 0.15) is 50.3 Å². The Morgan fingerprint density at radius 2 is 2.19 bits per heavy atom. The third-order valence-corrected chi connectivity index (χ3v) is 4.90. The van der Waals surface area contributed by atoms with Crippen LogP contribution in [0.25, 0.3) is 0 Å². The number of aromatic nitrogens is 5. The SMILES string of the molecule is CNC(C)c1ccnc(Sc2nnnn2C2CCCC2)c1. The molecule has 1 unspecified atom stereocenters. The molecular weight excluding hydrogens is 284 g/mol. The largest absolute Gasteiger partial charge is 0.313 e. The van der Waals surface area contributed by atoms with Gasteiger partial charge in [0, 0.05) is 12.2 Å². The molecule has 1 atom stereocenters. The summed E-state index contributed by atoms with van der Waals surface area (Å²) in [6.45, 7) is 2.13. The number of rotatable bonds is 5. The van der Waals surface area contributed by atoms with E-state index >= 15 is 0 Å². The van der Waals surface area contributed by atoms with Gasteiger partial charge < -0.3 is 5.32 Å². The van der Waals surface area contributed by atoms with Crippen molar-refractivity contribution in [2.24, 2.45) is 0 Å². The van der Waals surface area contributed by atoms with Crippen LogP contribution in [0.4, 0.5) is 0 Å². The molecule has 7 heteroatoms. The maximum atomic E-state index is 4.42. The zero-order chi connectivity index (χ0) is 14.7. The van der Waals surface area contributed by atoms with E-state index in [-0.39, 0.29) is 0 Å². The number of pyridine rings is 1. The van der Waals surface area contributed by atoms with Gasteiger partial charge in [0.2, 0.25) is 5.16 Å². The third-order valence-electron chi connectivity index (χ3n) is 4.02. The number of nitrogens with one attached hydrogen (secondary N) is 1. The molecule has 0 saturated heterocycles. The average molecular weight is 304 g/mol. The van der Waals surface area contributed by atoms with Crippen LogP contribution >= 0.6 is 11.8 Å². The molecule has 3 rings (SSSR count). The molecule has 0 bridgehead atoms. The highest BCUT2D eigenvalue weighted by atomic mass is 32.2. The predicted molar refractivity (Wildman–Crippen MR) is 81.2 cm³/mol. The van der Waals surface area contributed by atoms with Crippen LogP contribution in [-0.2, 0) is 0 Å². The minimum Gasteiger partial charge on any atom is -0.313 e.